The molecule has 0 aromatic carbocycles. The first kappa shape index (κ1) is 8.37. The van der Waals surface area contributed by atoms with E-state index in [1.807, 2.05) is 11.8 Å². The lowest BCUT2D eigenvalue weighted by Crippen LogP contribution is -2.41. The first-order valence-corrected chi connectivity index (χ1v) is 5.04. The van der Waals surface area contributed by atoms with Crippen LogP contribution < -0.4 is 10.6 Å². The lowest BCUT2D eigenvalue weighted by atomic mass is 10.4. The third kappa shape index (κ3) is 2.90. The molecule has 1 saturated heterocycles. The Bertz CT molecular complexity index is 81.7. The van der Waals surface area contributed by atoms with E-state index >= 15 is 0 Å². The van der Waals surface area contributed by atoms with Crippen LogP contribution in [0.15, 0.2) is 0 Å². The summed E-state index contributed by atoms with van der Waals surface area (Å²) in [4.78, 5) is 0. The van der Waals surface area contributed by atoms with Crippen LogP contribution in [0, 0.1) is 0 Å². The van der Waals surface area contributed by atoms with Crippen LogP contribution in [0.1, 0.15) is 13.3 Å². The Balaban J connectivity index is 2.02. The van der Waals surface area contributed by atoms with Crippen molar-refractivity contribution in [1.29, 1.82) is 0 Å². The van der Waals surface area contributed by atoms with Gasteiger partial charge in [0, 0.05) is 18.8 Å². The smallest absolute Gasteiger partial charge is 0.0659 e. The summed E-state index contributed by atoms with van der Waals surface area (Å²) in [5.74, 6) is 1.25. The molecule has 0 aromatic heterocycles. The third-order valence-corrected chi connectivity index (χ3v) is 2.73. The average Bonchev–Trinajstić information content (AvgIpc) is 2.03. The van der Waals surface area contributed by atoms with Crippen molar-refractivity contribution in [2.75, 3.05) is 25.4 Å². The lowest BCUT2D eigenvalue weighted by molar-refractivity contribution is 0.574. The van der Waals surface area contributed by atoms with E-state index in [4.69, 9.17) is 0 Å². The minimum Gasteiger partial charge on any atom is -0.314 e. The van der Waals surface area contributed by atoms with Gasteiger partial charge in [0.25, 0.3) is 0 Å². The highest BCUT2D eigenvalue weighted by Gasteiger charge is 2.10. The molecule has 1 unspecified atom stereocenters. The standard InChI is InChI=1S/C7H16N2S/c1-2-3-9-7-6-8-4-5-10-7/h7-9H,2-6H2,1H3. The van der Waals surface area contributed by atoms with E-state index in [0.29, 0.717) is 5.37 Å². The molecule has 1 aliphatic heterocycles. The highest BCUT2D eigenvalue weighted by atomic mass is 32.2. The molecule has 0 saturated carbocycles. The van der Waals surface area contributed by atoms with Crippen molar-refractivity contribution < 1.29 is 0 Å². The largest absolute Gasteiger partial charge is 0.314 e. The summed E-state index contributed by atoms with van der Waals surface area (Å²) < 4.78 is 0. The summed E-state index contributed by atoms with van der Waals surface area (Å²) in [5.41, 5.74) is 0. The minimum absolute atomic E-state index is 0.661. The summed E-state index contributed by atoms with van der Waals surface area (Å²) in [7, 11) is 0. The van der Waals surface area contributed by atoms with E-state index in [2.05, 4.69) is 17.6 Å². The molecule has 1 atom stereocenters. The predicted molar refractivity (Wildman–Crippen MR) is 47.4 cm³/mol. The zero-order valence-electron chi connectivity index (χ0n) is 6.52. The van der Waals surface area contributed by atoms with Crippen LogP contribution in [0.4, 0.5) is 0 Å². The van der Waals surface area contributed by atoms with E-state index in [1.54, 1.807) is 0 Å². The molecule has 60 valence electrons. The van der Waals surface area contributed by atoms with Crippen molar-refractivity contribution in [2.45, 2.75) is 18.7 Å². The third-order valence-electron chi connectivity index (χ3n) is 1.55. The van der Waals surface area contributed by atoms with E-state index in [-0.39, 0.29) is 0 Å². The molecule has 1 heterocycles. The number of thioether (sulfide) groups is 1. The highest BCUT2D eigenvalue weighted by Crippen LogP contribution is 2.09. The minimum atomic E-state index is 0.661. The number of rotatable bonds is 3. The van der Waals surface area contributed by atoms with Gasteiger partial charge in [-0.1, -0.05) is 6.92 Å². The molecule has 3 heteroatoms. The number of hydrogen-bond donors (Lipinski definition) is 2. The van der Waals surface area contributed by atoms with Gasteiger partial charge in [-0.2, -0.15) is 0 Å². The van der Waals surface area contributed by atoms with Crippen molar-refractivity contribution in [3.8, 4) is 0 Å². The highest BCUT2D eigenvalue weighted by molar-refractivity contribution is 7.99. The van der Waals surface area contributed by atoms with Crippen molar-refractivity contribution in [3.63, 3.8) is 0 Å². The zero-order chi connectivity index (χ0) is 7.23. The van der Waals surface area contributed by atoms with Crippen LogP contribution in [0.2, 0.25) is 0 Å². The summed E-state index contributed by atoms with van der Waals surface area (Å²) in [6, 6.07) is 0. The molecule has 1 rings (SSSR count). The summed E-state index contributed by atoms with van der Waals surface area (Å²) in [5, 5.41) is 7.49. The summed E-state index contributed by atoms with van der Waals surface area (Å²) in [6.45, 7) is 5.66. The second-order valence-corrected chi connectivity index (χ2v) is 3.83. The van der Waals surface area contributed by atoms with Gasteiger partial charge in [-0.05, 0) is 13.0 Å². The second-order valence-electron chi connectivity index (χ2n) is 2.52. The van der Waals surface area contributed by atoms with Crippen LogP contribution in [0.3, 0.4) is 0 Å². The number of nitrogens with one attached hydrogen (secondary N) is 2. The molecule has 2 nitrogen and oxygen atoms in total. The summed E-state index contributed by atoms with van der Waals surface area (Å²) >= 11 is 2.03. The van der Waals surface area contributed by atoms with Gasteiger partial charge < -0.3 is 10.6 Å². The van der Waals surface area contributed by atoms with Crippen LogP contribution in [-0.2, 0) is 0 Å². The van der Waals surface area contributed by atoms with Crippen molar-refractivity contribution >= 4 is 11.8 Å². The second kappa shape index (κ2) is 4.99. The molecule has 0 amide bonds. The lowest BCUT2D eigenvalue weighted by Gasteiger charge is -2.23. The maximum absolute atomic E-state index is 3.47. The predicted octanol–water partition coefficient (Wildman–Crippen LogP) is 0.648. The topological polar surface area (TPSA) is 24.1 Å². The fourth-order valence-corrected chi connectivity index (χ4v) is 2.02. The Kier molecular flexibility index (Phi) is 4.18. The van der Waals surface area contributed by atoms with E-state index in [9.17, 15) is 0 Å². The molecule has 1 fully saturated rings. The van der Waals surface area contributed by atoms with Gasteiger partial charge in [0.1, 0.15) is 0 Å². The molecule has 0 aromatic rings. The molecule has 0 bridgehead atoms. The van der Waals surface area contributed by atoms with E-state index in [1.165, 1.54) is 18.7 Å². The molecule has 1 aliphatic rings. The molecule has 10 heavy (non-hydrogen) atoms. The number of hydrogen-bond acceptors (Lipinski definition) is 3. The average molecular weight is 160 g/mol. The maximum Gasteiger partial charge on any atom is 0.0659 e. The van der Waals surface area contributed by atoms with Crippen molar-refractivity contribution in [2.24, 2.45) is 0 Å². The van der Waals surface area contributed by atoms with Crippen LogP contribution in [-0.4, -0.2) is 30.8 Å². The van der Waals surface area contributed by atoms with E-state index in [0.717, 1.165) is 13.1 Å². The maximum atomic E-state index is 3.47. The van der Waals surface area contributed by atoms with Gasteiger partial charge >= 0.3 is 0 Å². The summed E-state index contributed by atoms with van der Waals surface area (Å²) in [6.07, 6.45) is 1.23. The molecular formula is C7H16N2S. The van der Waals surface area contributed by atoms with Gasteiger partial charge in [0.15, 0.2) is 0 Å². The zero-order valence-corrected chi connectivity index (χ0v) is 7.34. The van der Waals surface area contributed by atoms with Crippen molar-refractivity contribution in [1.82, 2.24) is 10.6 Å². The normalized spacial score (nSPS) is 26.7. The van der Waals surface area contributed by atoms with Gasteiger partial charge in [-0.3, -0.25) is 0 Å². The molecule has 0 aliphatic carbocycles. The van der Waals surface area contributed by atoms with Crippen LogP contribution in [0.5, 0.6) is 0 Å². The Morgan fingerprint density at radius 2 is 2.60 bits per heavy atom. The Morgan fingerprint density at radius 1 is 1.70 bits per heavy atom. The fourth-order valence-electron chi connectivity index (χ4n) is 1.00. The van der Waals surface area contributed by atoms with Crippen LogP contribution >= 0.6 is 11.8 Å². The molecular weight excluding hydrogens is 144 g/mol. The van der Waals surface area contributed by atoms with Gasteiger partial charge in [-0.15, -0.1) is 11.8 Å². The molecule has 0 spiro atoms. The van der Waals surface area contributed by atoms with Crippen LogP contribution in [0.25, 0.3) is 0 Å². The monoisotopic (exact) mass is 160 g/mol. The van der Waals surface area contributed by atoms with Crippen molar-refractivity contribution in [3.05, 3.63) is 0 Å². The molecule has 0 radical (unpaired) electrons. The van der Waals surface area contributed by atoms with E-state index < -0.39 is 0 Å². The first-order chi connectivity index (χ1) is 4.93. The Hall–Kier alpha value is 0.270. The Morgan fingerprint density at radius 3 is 3.20 bits per heavy atom. The van der Waals surface area contributed by atoms with Gasteiger partial charge in [-0.25, -0.2) is 0 Å². The fraction of sp³-hybridized carbons (Fsp3) is 1.00. The van der Waals surface area contributed by atoms with Gasteiger partial charge in [0.2, 0.25) is 0 Å². The first-order valence-electron chi connectivity index (χ1n) is 3.99. The quantitative estimate of drug-likeness (QED) is 0.634. The molecule has 2 N–H and O–H groups in total. The van der Waals surface area contributed by atoms with Gasteiger partial charge in [0.05, 0.1) is 5.37 Å². The Labute approximate surface area is 67.1 Å². The SMILES string of the molecule is CCCNC1CNCCS1.